The molecule has 3 aliphatic carbocycles. The molecule has 2 saturated carbocycles. The number of likely N-dealkylation sites (tertiary alicyclic amines) is 1. The van der Waals surface area contributed by atoms with E-state index in [4.69, 9.17) is 4.74 Å². The van der Waals surface area contributed by atoms with Crippen LogP contribution in [-0.4, -0.2) is 53.7 Å². The maximum atomic E-state index is 13.3. The van der Waals surface area contributed by atoms with Gasteiger partial charge in [0, 0.05) is 19.0 Å². The van der Waals surface area contributed by atoms with Gasteiger partial charge < -0.3 is 20.1 Å². The van der Waals surface area contributed by atoms with Gasteiger partial charge in [-0.15, -0.1) is 0 Å². The molecule has 7 heteroatoms. The Kier molecular flexibility index (Phi) is 5.08. The van der Waals surface area contributed by atoms with Crippen LogP contribution in [-0.2, 0) is 14.3 Å². The van der Waals surface area contributed by atoms with Gasteiger partial charge in [-0.2, -0.15) is 0 Å². The second-order valence-electron chi connectivity index (χ2n) is 10.0. The smallest absolute Gasteiger partial charge is 0.407 e. The molecule has 34 heavy (non-hydrogen) atoms. The molecule has 7 nitrogen and oxygen atoms in total. The molecule has 2 amide bonds. The van der Waals surface area contributed by atoms with Gasteiger partial charge in [-0.3, -0.25) is 9.59 Å². The first-order valence-corrected chi connectivity index (χ1v) is 12.2. The van der Waals surface area contributed by atoms with Crippen molar-refractivity contribution in [1.29, 1.82) is 0 Å². The maximum absolute atomic E-state index is 13.3. The predicted molar refractivity (Wildman–Crippen MR) is 124 cm³/mol. The molecule has 0 aromatic heterocycles. The average molecular weight is 461 g/mol. The van der Waals surface area contributed by atoms with Gasteiger partial charge >= 0.3 is 12.1 Å². The number of carbonyl (C=O) groups excluding carboxylic acids is 2. The van der Waals surface area contributed by atoms with E-state index in [1.54, 1.807) is 4.90 Å². The van der Waals surface area contributed by atoms with Crippen LogP contribution in [0.25, 0.3) is 11.1 Å². The zero-order valence-electron chi connectivity index (χ0n) is 18.9. The number of carboxylic acid groups (broad SMARTS) is 1. The van der Waals surface area contributed by atoms with E-state index >= 15 is 0 Å². The molecule has 1 aliphatic heterocycles. The number of hydrogen-bond acceptors (Lipinski definition) is 4. The Labute approximate surface area is 198 Å². The Morgan fingerprint density at radius 2 is 1.62 bits per heavy atom. The van der Waals surface area contributed by atoms with Crippen molar-refractivity contribution in [1.82, 2.24) is 10.2 Å². The van der Waals surface area contributed by atoms with Crippen molar-refractivity contribution in [3.05, 3.63) is 59.7 Å². The number of piperidine rings is 1. The summed E-state index contributed by atoms with van der Waals surface area (Å²) in [5.41, 5.74) is 4.63. The number of carbonyl (C=O) groups is 3. The summed E-state index contributed by atoms with van der Waals surface area (Å²) < 4.78 is 5.66. The van der Waals surface area contributed by atoms with Crippen molar-refractivity contribution in [3.8, 4) is 11.1 Å². The van der Waals surface area contributed by atoms with Gasteiger partial charge in [0.1, 0.15) is 12.6 Å². The Bertz CT molecular complexity index is 1110. The van der Waals surface area contributed by atoms with E-state index < -0.39 is 18.1 Å². The van der Waals surface area contributed by atoms with Gasteiger partial charge in [-0.25, -0.2) is 4.79 Å². The fraction of sp³-hybridized carbons (Fsp3) is 0.444. The zero-order valence-corrected chi connectivity index (χ0v) is 18.9. The predicted octanol–water partition coefficient (Wildman–Crippen LogP) is 3.48. The third-order valence-electron chi connectivity index (χ3n) is 8.07. The van der Waals surface area contributed by atoms with Crippen molar-refractivity contribution >= 4 is 18.0 Å². The number of fused-ring (bicyclic) bond motifs is 4. The number of ether oxygens (including phenoxy) is 1. The summed E-state index contributed by atoms with van der Waals surface area (Å²) in [5, 5.41) is 12.2. The van der Waals surface area contributed by atoms with Gasteiger partial charge in [-0.1, -0.05) is 48.5 Å². The molecule has 2 unspecified atom stereocenters. The zero-order chi connectivity index (χ0) is 23.4. The Morgan fingerprint density at radius 1 is 0.971 bits per heavy atom. The molecule has 1 heterocycles. The third-order valence-corrected chi connectivity index (χ3v) is 8.07. The number of aliphatic carboxylic acids is 1. The molecular formula is C27H28N2O5. The first-order valence-electron chi connectivity index (χ1n) is 12.2. The minimum atomic E-state index is -0.764. The molecule has 2 aromatic carbocycles. The molecule has 176 valence electrons. The Hall–Kier alpha value is -3.35. The quantitative estimate of drug-likeness (QED) is 0.688. The van der Waals surface area contributed by atoms with Crippen LogP contribution in [0.3, 0.4) is 0 Å². The highest BCUT2D eigenvalue weighted by atomic mass is 16.5. The van der Waals surface area contributed by atoms with Crippen molar-refractivity contribution in [3.63, 3.8) is 0 Å². The van der Waals surface area contributed by atoms with Crippen molar-refractivity contribution in [2.24, 2.45) is 23.7 Å². The van der Waals surface area contributed by atoms with E-state index in [0.717, 1.165) is 30.4 Å². The molecule has 4 aliphatic rings. The number of alkyl carbamates (subject to hydrolysis) is 1. The summed E-state index contributed by atoms with van der Waals surface area (Å²) in [6.07, 6.45) is 1.95. The van der Waals surface area contributed by atoms with Gasteiger partial charge in [0.25, 0.3) is 0 Å². The van der Waals surface area contributed by atoms with Crippen molar-refractivity contribution < 1.29 is 24.2 Å². The van der Waals surface area contributed by atoms with Crippen molar-refractivity contribution in [2.45, 2.75) is 31.2 Å². The van der Waals surface area contributed by atoms with E-state index in [0.29, 0.717) is 13.1 Å². The molecule has 4 atom stereocenters. The second kappa shape index (κ2) is 8.15. The van der Waals surface area contributed by atoms with Crippen LogP contribution < -0.4 is 5.32 Å². The molecular weight excluding hydrogens is 432 g/mol. The number of amides is 2. The number of nitrogens with zero attached hydrogens (tertiary/aromatic N) is 1. The van der Waals surface area contributed by atoms with E-state index in [-0.39, 0.29) is 42.1 Å². The molecule has 0 bridgehead atoms. The van der Waals surface area contributed by atoms with Gasteiger partial charge in [0.2, 0.25) is 5.91 Å². The lowest BCUT2D eigenvalue weighted by Gasteiger charge is -2.30. The van der Waals surface area contributed by atoms with Crippen LogP contribution in [0.15, 0.2) is 48.5 Å². The fourth-order valence-corrected chi connectivity index (χ4v) is 6.08. The van der Waals surface area contributed by atoms with E-state index in [1.165, 1.54) is 11.1 Å². The topological polar surface area (TPSA) is 95.9 Å². The standard InChI is InChI=1S/C27H28N2O5/c30-25(29-12-11-20-21(13-29)23(20)26(31)32)24(15-9-10-15)28-27(33)34-14-22-18-7-3-1-5-16(18)17-6-2-4-8-19(17)22/h1-8,15,20-24H,9-14H2,(H,28,33)(H,31,32)/t20-,21+,23?,24?/m1/s1. The van der Waals surface area contributed by atoms with Crippen LogP contribution in [0.2, 0.25) is 0 Å². The van der Waals surface area contributed by atoms with E-state index in [2.05, 4.69) is 29.6 Å². The number of hydrogen-bond donors (Lipinski definition) is 2. The van der Waals surface area contributed by atoms with Gasteiger partial charge in [0.15, 0.2) is 0 Å². The minimum absolute atomic E-state index is 0.0323. The summed E-state index contributed by atoms with van der Waals surface area (Å²) in [6.45, 7) is 1.23. The highest BCUT2D eigenvalue weighted by Crippen LogP contribution is 2.52. The number of rotatable bonds is 6. The van der Waals surface area contributed by atoms with Crippen LogP contribution in [0.5, 0.6) is 0 Å². The largest absolute Gasteiger partial charge is 0.481 e. The highest BCUT2D eigenvalue weighted by molar-refractivity contribution is 5.87. The highest BCUT2D eigenvalue weighted by Gasteiger charge is 2.58. The first kappa shape index (κ1) is 21.2. The average Bonchev–Trinajstić information content (AvgIpc) is 3.77. The molecule has 1 saturated heterocycles. The van der Waals surface area contributed by atoms with Gasteiger partial charge in [0.05, 0.1) is 5.92 Å². The van der Waals surface area contributed by atoms with Crippen LogP contribution >= 0.6 is 0 Å². The van der Waals surface area contributed by atoms with Crippen LogP contribution in [0.1, 0.15) is 36.3 Å². The lowest BCUT2D eigenvalue weighted by atomic mass is 9.98. The lowest BCUT2D eigenvalue weighted by molar-refractivity contribution is -0.139. The van der Waals surface area contributed by atoms with E-state index in [1.807, 2.05) is 24.3 Å². The maximum Gasteiger partial charge on any atom is 0.407 e. The molecule has 3 fully saturated rings. The SMILES string of the molecule is O=C(NC(C(=O)N1CC[C@H]2C(C(=O)O)[C@H]2C1)C1CC1)OCC1c2ccccc2-c2ccccc21. The number of nitrogens with one attached hydrogen (secondary N) is 1. The Morgan fingerprint density at radius 3 is 2.24 bits per heavy atom. The fourth-order valence-electron chi connectivity index (χ4n) is 6.08. The van der Waals surface area contributed by atoms with Crippen LogP contribution in [0, 0.1) is 23.7 Å². The summed E-state index contributed by atoms with van der Waals surface area (Å²) in [6, 6.07) is 15.8. The summed E-state index contributed by atoms with van der Waals surface area (Å²) >= 11 is 0. The molecule has 2 aromatic rings. The number of benzene rings is 2. The first-order chi connectivity index (χ1) is 16.5. The third kappa shape index (κ3) is 3.63. The second-order valence-corrected chi connectivity index (χ2v) is 10.0. The normalized spacial score (nSPS) is 25.5. The van der Waals surface area contributed by atoms with Crippen LogP contribution in [0.4, 0.5) is 4.79 Å². The minimum Gasteiger partial charge on any atom is -0.481 e. The van der Waals surface area contributed by atoms with Crippen molar-refractivity contribution in [2.75, 3.05) is 19.7 Å². The monoisotopic (exact) mass is 460 g/mol. The molecule has 2 N–H and O–H groups in total. The molecule has 0 spiro atoms. The van der Waals surface area contributed by atoms with Gasteiger partial charge in [-0.05, 0) is 59.3 Å². The van der Waals surface area contributed by atoms with E-state index in [9.17, 15) is 19.5 Å². The summed E-state index contributed by atoms with van der Waals surface area (Å²) in [4.78, 5) is 39.1. The Balaban J connectivity index is 1.10. The summed E-state index contributed by atoms with van der Waals surface area (Å²) in [7, 11) is 0. The number of carboxylic acids is 1. The molecule has 0 radical (unpaired) electrons. The summed E-state index contributed by atoms with van der Waals surface area (Å²) in [5.74, 6) is -0.867. The molecule has 6 rings (SSSR count). The lowest BCUT2D eigenvalue weighted by Crippen LogP contribution is -2.51.